The van der Waals surface area contributed by atoms with Crippen LogP contribution in [-0.2, 0) is 0 Å². The fraction of sp³-hybridized carbons (Fsp3) is 0.867. The van der Waals surface area contributed by atoms with Gasteiger partial charge in [0.15, 0.2) is 0 Å². The standard InChI is InChI=1S/C15H26O2/c1-9(2)11-12-14(6,17)8-7-13(4,5)15(11,12)10(3)16/h10-12,16-17H,1,7-8H2,2-6H3/t10-,11?,12+,14-,15+/m1/s1. The monoisotopic (exact) mass is 238 g/mol. The van der Waals surface area contributed by atoms with E-state index in [-0.39, 0.29) is 22.7 Å². The summed E-state index contributed by atoms with van der Waals surface area (Å²) in [6.07, 6.45) is 1.39. The van der Waals surface area contributed by atoms with Crippen molar-refractivity contribution < 1.29 is 10.2 Å². The molecule has 0 aromatic heterocycles. The molecule has 2 heteroatoms. The van der Waals surface area contributed by atoms with E-state index < -0.39 is 11.7 Å². The van der Waals surface area contributed by atoms with Gasteiger partial charge in [-0.3, -0.25) is 0 Å². The molecular formula is C15H26O2. The van der Waals surface area contributed by atoms with Gasteiger partial charge in [-0.25, -0.2) is 0 Å². The Balaban J connectivity index is 2.51. The molecule has 0 aromatic carbocycles. The van der Waals surface area contributed by atoms with Crippen LogP contribution in [0.3, 0.4) is 0 Å². The van der Waals surface area contributed by atoms with E-state index in [1.54, 1.807) is 0 Å². The summed E-state index contributed by atoms with van der Waals surface area (Å²) in [5, 5.41) is 20.9. The van der Waals surface area contributed by atoms with E-state index in [0.29, 0.717) is 0 Å². The Morgan fingerprint density at radius 2 is 1.82 bits per heavy atom. The quantitative estimate of drug-likeness (QED) is 0.726. The first kappa shape index (κ1) is 13.1. The van der Waals surface area contributed by atoms with Crippen LogP contribution in [0.4, 0.5) is 0 Å². The van der Waals surface area contributed by atoms with Crippen LogP contribution in [0.25, 0.3) is 0 Å². The average Bonchev–Trinajstić information content (AvgIpc) is 2.86. The van der Waals surface area contributed by atoms with Crippen LogP contribution in [0, 0.1) is 22.7 Å². The van der Waals surface area contributed by atoms with Gasteiger partial charge in [-0.15, -0.1) is 0 Å². The van der Waals surface area contributed by atoms with Crippen LogP contribution in [0.5, 0.6) is 0 Å². The molecule has 0 heterocycles. The third kappa shape index (κ3) is 1.40. The van der Waals surface area contributed by atoms with Gasteiger partial charge in [-0.1, -0.05) is 26.0 Å². The summed E-state index contributed by atoms with van der Waals surface area (Å²) < 4.78 is 0. The van der Waals surface area contributed by atoms with Crippen LogP contribution in [-0.4, -0.2) is 21.9 Å². The summed E-state index contributed by atoms with van der Waals surface area (Å²) in [5.41, 5.74) is 0.333. The van der Waals surface area contributed by atoms with Crippen LogP contribution in [0.2, 0.25) is 0 Å². The van der Waals surface area contributed by atoms with Gasteiger partial charge in [0.1, 0.15) is 0 Å². The van der Waals surface area contributed by atoms with Gasteiger partial charge in [0.05, 0.1) is 11.7 Å². The van der Waals surface area contributed by atoms with Crippen molar-refractivity contribution in [1.29, 1.82) is 0 Å². The molecule has 2 fully saturated rings. The summed E-state index contributed by atoms with van der Waals surface area (Å²) in [4.78, 5) is 0. The van der Waals surface area contributed by atoms with Gasteiger partial charge in [-0.2, -0.15) is 0 Å². The highest BCUT2D eigenvalue weighted by Gasteiger charge is 2.79. The number of fused-ring (bicyclic) bond motifs is 1. The third-order valence-electron chi connectivity index (χ3n) is 5.57. The molecule has 0 amide bonds. The smallest absolute Gasteiger partial charge is 0.0660 e. The summed E-state index contributed by atoms with van der Waals surface area (Å²) >= 11 is 0. The van der Waals surface area contributed by atoms with Crippen LogP contribution in [0.15, 0.2) is 12.2 Å². The van der Waals surface area contributed by atoms with E-state index in [4.69, 9.17) is 0 Å². The number of aliphatic hydroxyl groups excluding tert-OH is 1. The van der Waals surface area contributed by atoms with E-state index in [1.165, 1.54) is 0 Å². The topological polar surface area (TPSA) is 40.5 Å². The van der Waals surface area contributed by atoms with Crippen molar-refractivity contribution in [2.75, 3.05) is 0 Å². The molecule has 0 bridgehead atoms. The number of rotatable bonds is 2. The Hall–Kier alpha value is -0.340. The predicted molar refractivity (Wildman–Crippen MR) is 69.5 cm³/mol. The zero-order valence-electron chi connectivity index (χ0n) is 11.7. The molecule has 2 N–H and O–H groups in total. The minimum atomic E-state index is -0.657. The Morgan fingerprint density at radius 1 is 1.29 bits per heavy atom. The lowest BCUT2D eigenvalue weighted by molar-refractivity contribution is -0.0898. The molecule has 0 aliphatic heterocycles. The lowest BCUT2D eigenvalue weighted by Gasteiger charge is -2.46. The molecule has 1 unspecified atom stereocenters. The third-order valence-corrected chi connectivity index (χ3v) is 5.57. The van der Waals surface area contributed by atoms with E-state index in [0.717, 1.165) is 18.4 Å². The van der Waals surface area contributed by atoms with Crippen molar-refractivity contribution in [3.8, 4) is 0 Å². The van der Waals surface area contributed by atoms with Crippen molar-refractivity contribution in [2.24, 2.45) is 22.7 Å². The Labute approximate surface area is 105 Å². The summed E-state index contributed by atoms with van der Waals surface area (Å²) in [6.45, 7) is 14.4. The number of hydrogen-bond donors (Lipinski definition) is 2. The predicted octanol–water partition coefficient (Wildman–Crippen LogP) is 2.75. The molecule has 0 spiro atoms. The SMILES string of the molecule is C=C(C)C1[C@@H]2[C@@]1([C@@H](C)O)C(C)(C)CC[C@@]2(C)O. The summed E-state index contributed by atoms with van der Waals surface area (Å²) in [7, 11) is 0. The Morgan fingerprint density at radius 3 is 2.18 bits per heavy atom. The maximum atomic E-state index is 10.6. The lowest BCUT2D eigenvalue weighted by atomic mass is 9.61. The molecule has 0 saturated heterocycles. The fourth-order valence-corrected chi connectivity index (χ4v) is 4.84. The molecule has 5 atom stereocenters. The number of hydrogen-bond acceptors (Lipinski definition) is 2. The largest absolute Gasteiger partial charge is 0.393 e. The number of aliphatic hydroxyl groups is 2. The first-order chi connectivity index (χ1) is 7.59. The molecule has 2 aliphatic rings. The van der Waals surface area contributed by atoms with Crippen LogP contribution < -0.4 is 0 Å². The van der Waals surface area contributed by atoms with Gasteiger partial charge in [0.25, 0.3) is 0 Å². The summed E-state index contributed by atoms with van der Waals surface area (Å²) in [5.74, 6) is 0.422. The highest BCUT2D eigenvalue weighted by Crippen LogP contribution is 2.78. The molecule has 17 heavy (non-hydrogen) atoms. The molecule has 2 aliphatic carbocycles. The molecular weight excluding hydrogens is 212 g/mol. The average molecular weight is 238 g/mol. The highest BCUT2D eigenvalue weighted by atomic mass is 16.3. The normalized spacial score (nSPS) is 49.4. The molecule has 0 radical (unpaired) electrons. The first-order valence-corrected chi connectivity index (χ1v) is 6.65. The van der Waals surface area contributed by atoms with E-state index >= 15 is 0 Å². The van der Waals surface area contributed by atoms with Crippen LogP contribution in [0.1, 0.15) is 47.5 Å². The molecule has 2 rings (SSSR count). The zero-order chi connectivity index (χ0) is 13.2. The summed E-state index contributed by atoms with van der Waals surface area (Å²) in [6, 6.07) is 0. The Kier molecular flexibility index (Phi) is 2.59. The van der Waals surface area contributed by atoms with E-state index in [1.807, 2.05) is 20.8 Å². The number of allylic oxidation sites excluding steroid dienone is 1. The van der Waals surface area contributed by atoms with Crippen molar-refractivity contribution in [3.63, 3.8) is 0 Å². The molecule has 98 valence electrons. The van der Waals surface area contributed by atoms with Gasteiger partial charge >= 0.3 is 0 Å². The van der Waals surface area contributed by atoms with Crippen molar-refractivity contribution in [3.05, 3.63) is 12.2 Å². The molecule has 0 aromatic rings. The second kappa shape index (κ2) is 3.36. The maximum Gasteiger partial charge on any atom is 0.0660 e. The minimum Gasteiger partial charge on any atom is -0.393 e. The maximum absolute atomic E-state index is 10.6. The van der Waals surface area contributed by atoms with Crippen molar-refractivity contribution in [2.45, 2.75) is 59.2 Å². The van der Waals surface area contributed by atoms with Crippen molar-refractivity contribution >= 4 is 0 Å². The fourth-order valence-electron chi connectivity index (χ4n) is 4.84. The van der Waals surface area contributed by atoms with Crippen molar-refractivity contribution in [1.82, 2.24) is 0 Å². The minimum absolute atomic E-state index is 0.0672. The van der Waals surface area contributed by atoms with Crippen LogP contribution >= 0.6 is 0 Å². The van der Waals surface area contributed by atoms with E-state index in [2.05, 4.69) is 20.4 Å². The molecule has 2 saturated carbocycles. The second-order valence-electron chi connectivity index (χ2n) is 7.15. The molecule has 2 nitrogen and oxygen atoms in total. The Bertz CT molecular complexity index is 354. The van der Waals surface area contributed by atoms with Gasteiger partial charge in [-0.05, 0) is 44.9 Å². The highest BCUT2D eigenvalue weighted by molar-refractivity contribution is 5.33. The van der Waals surface area contributed by atoms with Gasteiger partial charge < -0.3 is 10.2 Å². The lowest BCUT2D eigenvalue weighted by Crippen LogP contribution is -2.47. The first-order valence-electron chi connectivity index (χ1n) is 6.65. The van der Waals surface area contributed by atoms with Gasteiger partial charge in [0.2, 0.25) is 0 Å². The second-order valence-corrected chi connectivity index (χ2v) is 7.15. The zero-order valence-corrected chi connectivity index (χ0v) is 11.7. The van der Waals surface area contributed by atoms with E-state index in [9.17, 15) is 10.2 Å². The van der Waals surface area contributed by atoms with Gasteiger partial charge in [0, 0.05) is 11.3 Å².